The Bertz CT molecular complexity index is 1130. The summed E-state index contributed by atoms with van der Waals surface area (Å²) >= 11 is 0. The van der Waals surface area contributed by atoms with E-state index in [0.29, 0.717) is 5.56 Å². The van der Waals surface area contributed by atoms with E-state index in [2.05, 4.69) is 10.3 Å². The van der Waals surface area contributed by atoms with Crippen LogP contribution in [0, 0.1) is 23.0 Å². The average Bonchev–Trinajstić information content (AvgIpc) is 2.72. The molecule has 0 aliphatic heterocycles. The first kappa shape index (κ1) is 19.8. The number of hydrogen-bond donors (Lipinski definition) is 2. The highest BCUT2D eigenvalue weighted by molar-refractivity contribution is 5.96. The molecule has 2 N–H and O–H groups in total. The number of pyridine rings is 1. The second-order valence-corrected chi connectivity index (χ2v) is 6.01. The summed E-state index contributed by atoms with van der Waals surface area (Å²) in [5, 5.41) is 21.5. The molecule has 0 radical (unpaired) electrons. The second-order valence-electron chi connectivity index (χ2n) is 6.01. The van der Waals surface area contributed by atoms with Gasteiger partial charge in [0.15, 0.2) is 0 Å². The molecule has 0 saturated carbocycles. The fourth-order valence-corrected chi connectivity index (χ4v) is 2.76. The summed E-state index contributed by atoms with van der Waals surface area (Å²) in [6.45, 7) is -0.0196. The molecular weight excluding hydrogens is 380 g/mol. The summed E-state index contributed by atoms with van der Waals surface area (Å²) in [7, 11) is 1.36. The SMILES string of the molecule is COc1ccc(F)cc1C(=O)NCc1ccc(-c2nccc(O)c2C#N)c(F)c1. The van der Waals surface area contributed by atoms with Gasteiger partial charge in [-0.1, -0.05) is 6.07 Å². The van der Waals surface area contributed by atoms with Crippen LogP contribution in [-0.4, -0.2) is 23.1 Å². The number of amides is 1. The number of benzene rings is 2. The average molecular weight is 395 g/mol. The van der Waals surface area contributed by atoms with E-state index < -0.39 is 17.5 Å². The number of ether oxygens (including phenoxy) is 1. The van der Waals surface area contributed by atoms with E-state index in [0.717, 1.165) is 6.07 Å². The predicted octanol–water partition coefficient (Wildman–Crippen LogP) is 3.54. The van der Waals surface area contributed by atoms with Gasteiger partial charge in [-0.15, -0.1) is 0 Å². The number of aromatic hydroxyl groups is 1. The van der Waals surface area contributed by atoms with Gasteiger partial charge >= 0.3 is 0 Å². The van der Waals surface area contributed by atoms with E-state index in [-0.39, 0.29) is 40.4 Å². The fourth-order valence-electron chi connectivity index (χ4n) is 2.76. The molecule has 0 saturated heterocycles. The zero-order valence-corrected chi connectivity index (χ0v) is 15.2. The van der Waals surface area contributed by atoms with Crippen LogP contribution in [0.2, 0.25) is 0 Å². The molecule has 0 aliphatic rings. The molecule has 0 aliphatic carbocycles. The van der Waals surface area contributed by atoms with Crippen molar-refractivity contribution in [2.24, 2.45) is 0 Å². The summed E-state index contributed by atoms with van der Waals surface area (Å²) in [5.41, 5.74) is 0.385. The van der Waals surface area contributed by atoms with Crippen molar-refractivity contribution < 1.29 is 23.4 Å². The number of rotatable bonds is 5. The first-order valence-electron chi connectivity index (χ1n) is 8.43. The molecule has 146 valence electrons. The maximum absolute atomic E-state index is 14.6. The van der Waals surface area contributed by atoms with Gasteiger partial charge in [-0.3, -0.25) is 9.78 Å². The number of aromatic nitrogens is 1. The lowest BCUT2D eigenvalue weighted by Crippen LogP contribution is -2.23. The van der Waals surface area contributed by atoms with Crippen molar-refractivity contribution >= 4 is 5.91 Å². The molecule has 0 fully saturated rings. The third kappa shape index (κ3) is 4.14. The van der Waals surface area contributed by atoms with Crippen LogP contribution in [0.5, 0.6) is 11.5 Å². The number of carbonyl (C=O) groups excluding carboxylic acids is 1. The lowest BCUT2D eigenvalue weighted by atomic mass is 10.0. The minimum atomic E-state index is -0.672. The lowest BCUT2D eigenvalue weighted by Gasteiger charge is -2.11. The van der Waals surface area contributed by atoms with Gasteiger partial charge in [-0.05, 0) is 42.0 Å². The second kappa shape index (κ2) is 8.35. The molecule has 1 amide bonds. The maximum atomic E-state index is 14.6. The quantitative estimate of drug-likeness (QED) is 0.689. The normalized spacial score (nSPS) is 10.3. The highest BCUT2D eigenvalue weighted by atomic mass is 19.1. The highest BCUT2D eigenvalue weighted by Gasteiger charge is 2.16. The molecule has 1 heterocycles. The Morgan fingerprint density at radius 1 is 1.24 bits per heavy atom. The van der Waals surface area contributed by atoms with Crippen LogP contribution in [0.4, 0.5) is 8.78 Å². The third-order valence-corrected chi connectivity index (χ3v) is 4.19. The van der Waals surface area contributed by atoms with Gasteiger partial charge in [0, 0.05) is 18.3 Å². The van der Waals surface area contributed by atoms with Gasteiger partial charge in [0.25, 0.3) is 5.91 Å². The summed E-state index contributed by atoms with van der Waals surface area (Å²) in [4.78, 5) is 16.3. The smallest absolute Gasteiger partial charge is 0.255 e. The van der Waals surface area contributed by atoms with E-state index in [1.54, 1.807) is 12.1 Å². The summed E-state index contributed by atoms with van der Waals surface area (Å²) in [6.07, 6.45) is 1.27. The van der Waals surface area contributed by atoms with Crippen molar-refractivity contribution in [1.82, 2.24) is 10.3 Å². The van der Waals surface area contributed by atoms with Crippen molar-refractivity contribution in [3.63, 3.8) is 0 Å². The molecule has 0 atom stereocenters. The largest absolute Gasteiger partial charge is 0.506 e. The number of halogens is 2. The summed E-state index contributed by atoms with van der Waals surface area (Å²) in [6, 6.07) is 10.7. The van der Waals surface area contributed by atoms with E-state index >= 15 is 0 Å². The molecule has 3 aromatic rings. The van der Waals surface area contributed by atoms with Crippen LogP contribution in [0.15, 0.2) is 48.7 Å². The van der Waals surface area contributed by atoms with Crippen molar-refractivity contribution in [2.45, 2.75) is 6.54 Å². The Balaban J connectivity index is 1.80. The first-order chi connectivity index (χ1) is 13.9. The van der Waals surface area contributed by atoms with Gasteiger partial charge in [0.05, 0.1) is 18.4 Å². The van der Waals surface area contributed by atoms with Crippen LogP contribution in [0.1, 0.15) is 21.5 Å². The van der Waals surface area contributed by atoms with Gasteiger partial charge in [-0.2, -0.15) is 5.26 Å². The molecule has 1 aromatic heterocycles. The lowest BCUT2D eigenvalue weighted by molar-refractivity contribution is 0.0947. The van der Waals surface area contributed by atoms with E-state index in [1.807, 2.05) is 0 Å². The number of nitrogens with one attached hydrogen (secondary N) is 1. The molecule has 2 aromatic carbocycles. The number of carbonyl (C=O) groups is 1. The topological polar surface area (TPSA) is 95.2 Å². The molecule has 0 unspecified atom stereocenters. The molecule has 3 rings (SSSR count). The van der Waals surface area contributed by atoms with Crippen LogP contribution in [0.25, 0.3) is 11.3 Å². The zero-order chi connectivity index (χ0) is 21.0. The molecule has 6 nitrogen and oxygen atoms in total. The Morgan fingerprint density at radius 2 is 2.03 bits per heavy atom. The predicted molar refractivity (Wildman–Crippen MR) is 100 cm³/mol. The van der Waals surface area contributed by atoms with Crippen LogP contribution < -0.4 is 10.1 Å². The third-order valence-electron chi connectivity index (χ3n) is 4.19. The number of nitriles is 1. The van der Waals surface area contributed by atoms with E-state index in [1.165, 1.54) is 43.6 Å². The fraction of sp³-hybridized carbons (Fsp3) is 0.0952. The summed E-state index contributed by atoms with van der Waals surface area (Å²) < 4.78 is 33.1. The Morgan fingerprint density at radius 3 is 2.72 bits per heavy atom. The standard InChI is InChI=1S/C21H15F2N3O3/c1-29-19-5-3-13(22)9-15(19)21(28)26-11-12-2-4-14(17(23)8-12)20-16(10-24)18(27)6-7-25-20/h2-9H,11H2,1H3,(H,25,27)(H,26,28). The van der Waals surface area contributed by atoms with Gasteiger partial charge in [0.2, 0.25) is 0 Å². The number of methoxy groups -OCH3 is 1. The van der Waals surface area contributed by atoms with E-state index in [9.17, 15) is 18.7 Å². The van der Waals surface area contributed by atoms with E-state index in [4.69, 9.17) is 10.00 Å². The molecule has 0 spiro atoms. The maximum Gasteiger partial charge on any atom is 0.255 e. The summed E-state index contributed by atoms with van der Waals surface area (Å²) in [5.74, 6) is -1.91. The molecular formula is C21H15F2N3O3. The van der Waals surface area contributed by atoms with Crippen molar-refractivity contribution in [1.29, 1.82) is 5.26 Å². The van der Waals surface area contributed by atoms with Crippen molar-refractivity contribution in [3.05, 3.63) is 77.0 Å². The Kier molecular flexibility index (Phi) is 5.69. The Hall–Kier alpha value is -3.99. The minimum Gasteiger partial charge on any atom is -0.506 e. The van der Waals surface area contributed by atoms with Gasteiger partial charge in [-0.25, -0.2) is 8.78 Å². The van der Waals surface area contributed by atoms with Crippen LogP contribution in [-0.2, 0) is 6.54 Å². The number of nitrogens with zero attached hydrogens (tertiary/aromatic N) is 2. The molecule has 0 bridgehead atoms. The van der Waals surface area contributed by atoms with Crippen molar-refractivity contribution in [2.75, 3.05) is 7.11 Å². The van der Waals surface area contributed by atoms with Crippen molar-refractivity contribution in [3.8, 4) is 28.8 Å². The first-order valence-corrected chi connectivity index (χ1v) is 8.43. The molecule has 8 heteroatoms. The van der Waals surface area contributed by atoms with Gasteiger partial charge < -0.3 is 15.2 Å². The highest BCUT2D eigenvalue weighted by Crippen LogP contribution is 2.29. The zero-order valence-electron chi connectivity index (χ0n) is 15.2. The Labute approximate surface area is 165 Å². The number of hydrogen-bond acceptors (Lipinski definition) is 5. The van der Waals surface area contributed by atoms with Crippen LogP contribution >= 0.6 is 0 Å². The van der Waals surface area contributed by atoms with Gasteiger partial charge in [0.1, 0.15) is 34.8 Å². The van der Waals surface area contributed by atoms with Crippen LogP contribution in [0.3, 0.4) is 0 Å². The molecule has 29 heavy (non-hydrogen) atoms. The minimum absolute atomic E-state index is 0.0186. The monoisotopic (exact) mass is 395 g/mol.